The lowest BCUT2D eigenvalue weighted by molar-refractivity contribution is 0.0939. The summed E-state index contributed by atoms with van der Waals surface area (Å²) in [6.07, 6.45) is 0. The maximum absolute atomic E-state index is 12.8. The van der Waals surface area contributed by atoms with Crippen molar-refractivity contribution in [2.45, 2.75) is 19.6 Å². The van der Waals surface area contributed by atoms with E-state index in [4.69, 9.17) is 14.2 Å². The molecule has 0 aliphatic rings. The van der Waals surface area contributed by atoms with Crippen LogP contribution in [0.25, 0.3) is 0 Å². The molecule has 1 N–H and O–H groups in total. The molecule has 0 radical (unpaired) electrons. The molecule has 5 heteroatoms. The van der Waals surface area contributed by atoms with Gasteiger partial charge in [0.25, 0.3) is 5.91 Å². The van der Waals surface area contributed by atoms with Crippen LogP contribution in [-0.4, -0.2) is 20.1 Å². The molecule has 3 aromatic rings. The summed E-state index contributed by atoms with van der Waals surface area (Å²) in [4.78, 5) is 12.8. The molecule has 0 aliphatic heterocycles. The minimum Gasteiger partial charge on any atom is -0.497 e. The number of carbonyl (C=O) groups is 1. The van der Waals surface area contributed by atoms with E-state index in [1.807, 2.05) is 67.6 Å². The van der Waals surface area contributed by atoms with Crippen LogP contribution in [0.15, 0.2) is 72.8 Å². The van der Waals surface area contributed by atoms with Gasteiger partial charge in [-0.2, -0.15) is 0 Å². The van der Waals surface area contributed by atoms with Crippen molar-refractivity contribution < 1.29 is 19.0 Å². The molecular formula is C24H25NO4. The van der Waals surface area contributed by atoms with Crippen LogP contribution in [0.1, 0.15) is 34.5 Å². The maximum atomic E-state index is 12.8. The van der Waals surface area contributed by atoms with E-state index in [9.17, 15) is 4.79 Å². The van der Waals surface area contributed by atoms with E-state index in [2.05, 4.69) is 5.32 Å². The zero-order chi connectivity index (χ0) is 20.6. The predicted octanol–water partition coefficient (Wildman–Crippen LogP) is 4.77. The standard InChI is InChI=1S/C24H25NO4/c1-17(22-15-20(27-2)12-13-23(22)28-3)25-24(26)19-10-7-11-21(14-19)29-16-18-8-5-4-6-9-18/h4-15,17H,16H2,1-3H3,(H,25,26). The molecule has 150 valence electrons. The van der Waals surface area contributed by atoms with Crippen LogP contribution in [0.3, 0.4) is 0 Å². The Kier molecular flexibility index (Phi) is 6.74. The fraction of sp³-hybridized carbons (Fsp3) is 0.208. The Morgan fingerprint density at radius 3 is 2.41 bits per heavy atom. The lowest BCUT2D eigenvalue weighted by Crippen LogP contribution is -2.27. The Bertz CT molecular complexity index is 956. The van der Waals surface area contributed by atoms with E-state index in [0.29, 0.717) is 29.4 Å². The fourth-order valence-electron chi connectivity index (χ4n) is 3.00. The van der Waals surface area contributed by atoms with Crippen molar-refractivity contribution in [1.82, 2.24) is 5.32 Å². The number of carbonyl (C=O) groups excluding carboxylic acids is 1. The summed E-state index contributed by atoms with van der Waals surface area (Å²) in [7, 11) is 3.21. The zero-order valence-corrected chi connectivity index (χ0v) is 16.8. The third-order valence-corrected chi connectivity index (χ3v) is 4.60. The smallest absolute Gasteiger partial charge is 0.251 e. The van der Waals surface area contributed by atoms with Crippen molar-refractivity contribution in [2.75, 3.05) is 14.2 Å². The van der Waals surface area contributed by atoms with Gasteiger partial charge in [-0.15, -0.1) is 0 Å². The molecule has 0 heterocycles. The molecule has 0 aliphatic carbocycles. The molecule has 0 fully saturated rings. The van der Waals surface area contributed by atoms with E-state index in [1.165, 1.54) is 0 Å². The molecule has 0 spiro atoms. The molecule has 0 aromatic heterocycles. The fourth-order valence-corrected chi connectivity index (χ4v) is 3.00. The normalized spacial score (nSPS) is 11.4. The summed E-state index contributed by atoms with van der Waals surface area (Å²) in [5.41, 5.74) is 2.45. The molecule has 1 amide bonds. The molecule has 0 bridgehead atoms. The second-order valence-corrected chi connectivity index (χ2v) is 6.61. The first-order valence-corrected chi connectivity index (χ1v) is 9.40. The highest BCUT2D eigenvalue weighted by Gasteiger charge is 2.16. The summed E-state index contributed by atoms with van der Waals surface area (Å²) < 4.78 is 16.5. The maximum Gasteiger partial charge on any atom is 0.251 e. The number of amides is 1. The topological polar surface area (TPSA) is 56.8 Å². The average molecular weight is 391 g/mol. The highest BCUT2D eigenvalue weighted by molar-refractivity contribution is 5.94. The van der Waals surface area contributed by atoms with Crippen LogP contribution in [0.2, 0.25) is 0 Å². The SMILES string of the molecule is COc1ccc(OC)c(C(C)NC(=O)c2cccc(OCc3ccccc3)c2)c1. The predicted molar refractivity (Wildman–Crippen MR) is 113 cm³/mol. The number of hydrogen-bond donors (Lipinski definition) is 1. The van der Waals surface area contributed by atoms with Crippen LogP contribution < -0.4 is 19.5 Å². The Labute approximate surface area is 171 Å². The molecular weight excluding hydrogens is 366 g/mol. The van der Waals surface area contributed by atoms with Gasteiger partial charge >= 0.3 is 0 Å². The van der Waals surface area contributed by atoms with Gasteiger partial charge in [0.2, 0.25) is 0 Å². The van der Waals surface area contributed by atoms with Gasteiger partial charge in [0.1, 0.15) is 23.9 Å². The van der Waals surface area contributed by atoms with E-state index in [-0.39, 0.29) is 11.9 Å². The number of ether oxygens (including phenoxy) is 3. The van der Waals surface area contributed by atoms with Crippen LogP contribution in [0, 0.1) is 0 Å². The van der Waals surface area contributed by atoms with Gasteiger partial charge in [-0.3, -0.25) is 4.79 Å². The minimum absolute atomic E-state index is 0.187. The van der Waals surface area contributed by atoms with Crippen LogP contribution >= 0.6 is 0 Å². The van der Waals surface area contributed by atoms with E-state index in [1.54, 1.807) is 26.4 Å². The van der Waals surface area contributed by atoms with E-state index in [0.717, 1.165) is 11.1 Å². The van der Waals surface area contributed by atoms with Crippen molar-refractivity contribution in [3.63, 3.8) is 0 Å². The van der Waals surface area contributed by atoms with Gasteiger partial charge in [-0.05, 0) is 48.9 Å². The Morgan fingerprint density at radius 1 is 0.897 bits per heavy atom. The summed E-state index contributed by atoms with van der Waals surface area (Å²) in [6, 6.07) is 22.3. The molecule has 3 aromatic carbocycles. The van der Waals surface area contributed by atoms with Gasteiger partial charge in [-0.1, -0.05) is 36.4 Å². The molecule has 5 nitrogen and oxygen atoms in total. The Balaban J connectivity index is 1.69. The molecule has 0 saturated carbocycles. The first-order chi connectivity index (χ1) is 14.1. The van der Waals surface area contributed by atoms with Gasteiger partial charge < -0.3 is 19.5 Å². The van der Waals surface area contributed by atoms with Gasteiger partial charge in [0.05, 0.1) is 20.3 Å². The lowest BCUT2D eigenvalue weighted by atomic mass is 10.1. The van der Waals surface area contributed by atoms with E-state index >= 15 is 0 Å². The molecule has 29 heavy (non-hydrogen) atoms. The monoisotopic (exact) mass is 391 g/mol. The molecule has 1 atom stereocenters. The molecule has 1 unspecified atom stereocenters. The van der Waals surface area contributed by atoms with Crippen LogP contribution in [0.5, 0.6) is 17.2 Å². The first kappa shape index (κ1) is 20.3. The second-order valence-electron chi connectivity index (χ2n) is 6.61. The number of hydrogen-bond acceptors (Lipinski definition) is 4. The molecule has 3 rings (SSSR count). The first-order valence-electron chi connectivity index (χ1n) is 9.40. The van der Waals surface area contributed by atoms with Gasteiger partial charge in [0, 0.05) is 11.1 Å². The second kappa shape index (κ2) is 9.64. The largest absolute Gasteiger partial charge is 0.497 e. The lowest BCUT2D eigenvalue weighted by Gasteiger charge is -2.18. The number of nitrogens with one attached hydrogen (secondary N) is 1. The highest BCUT2D eigenvalue weighted by Crippen LogP contribution is 2.29. The molecule has 0 saturated heterocycles. The van der Waals surface area contributed by atoms with Crippen LogP contribution in [-0.2, 0) is 6.61 Å². The van der Waals surface area contributed by atoms with Crippen molar-refractivity contribution in [3.05, 3.63) is 89.5 Å². The third-order valence-electron chi connectivity index (χ3n) is 4.60. The van der Waals surface area contributed by atoms with Gasteiger partial charge in [-0.25, -0.2) is 0 Å². The van der Waals surface area contributed by atoms with Crippen molar-refractivity contribution in [3.8, 4) is 17.2 Å². The summed E-state index contributed by atoms with van der Waals surface area (Å²) in [5.74, 6) is 1.86. The average Bonchev–Trinajstić information content (AvgIpc) is 2.78. The van der Waals surface area contributed by atoms with E-state index < -0.39 is 0 Å². The Morgan fingerprint density at radius 2 is 1.69 bits per heavy atom. The van der Waals surface area contributed by atoms with Crippen molar-refractivity contribution in [2.24, 2.45) is 0 Å². The van der Waals surface area contributed by atoms with Crippen molar-refractivity contribution in [1.29, 1.82) is 0 Å². The number of methoxy groups -OCH3 is 2. The number of benzene rings is 3. The van der Waals surface area contributed by atoms with Crippen molar-refractivity contribution >= 4 is 5.91 Å². The Hall–Kier alpha value is -3.47. The van der Waals surface area contributed by atoms with Gasteiger partial charge in [0.15, 0.2) is 0 Å². The quantitative estimate of drug-likeness (QED) is 0.601. The highest BCUT2D eigenvalue weighted by atomic mass is 16.5. The zero-order valence-electron chi connectivity index (χ0n) is 16.8. The minimum atomic E-state index is -0.263. The van der Waals surface area contributed by atoms with Crippen LogP contribution in [0.4, 0.5) is 0 Å². The number of rotatable bonds is 8. The summed E-state index contributed by atoms with van der Waals surface area (Å²) in [5, 5.41) is 3.01. The summed E-state index contributed by atoms with van der Waals surface area (Å²) >= 11 is 0. The summed E-state index contributed by atoms with van der Waals surface area (Å²) in [6.45, 7) is 2.36. The third kappa shape index (κ3) is 5.29.